The summed E-state index contributed by atoms with van der Waals surface area (Å²) in [5, 5.41) is 0. The van der Waals surface area contributed by atoms with E-state index in [0.29, 0.717) is 48.9 Å². The number of methoxy groups -OCH3 is 2. The number of carbonyl (C=O) groups excluding carboxylic acids is 2. The van der Waals surface area contributed by atoms with Gasteiger partial charge in [-0.2, -0.15) is 0 Å². The van der Waals surface area contributed by atoms with Crippen molar-refractivity contribution in [2.75, 3.05) is 45.3 Å². The molecule has 1 aliphatic heterocycles. The molecule has 2 aromatic rings. The Morgan fingerprint density at radius 2 is 1.73 bits per heavy atom. The Morgan fingerprint density at radius 1 is 1.00 bits per heavy atom. The van der Waals surface area contributed by atoms with Crippen LogP contribution < -0.4 is 14.4 Å². The molecule has 158 valence electrons. The van der Waals surface area contributed by atoms with E-state index in [2.05, 4.69) is 0 Å². The van der Waals surface area contributed by atoms with Gasteiger partial charge in [-0.25, -0.2) is 4.39 Å². The lowest BCUT2D eigenvalue weighted by atomic mass is 10.1. The Morgan fingerprint density at radius 3 is 2.33 bits per heavy atom. The van der Waals surface area contributed by atoms with Crippen LogP contribution in [0.4, 0.5) is 10.1 Å². The molecular formula is C23H25FN2O4. The third-order valence-electron chi connectivity index (χ3n) is 5.13. The van der Waals surface area contributed by atoms with Crippen molar-refractivity contribution in [1.29, 1.82) is 0 Å². The zero-order valence-electron chi connectivity index (χ0n) is 17.4. The molecule has 0 aliphatic carbocycles. The fraction of sp³-hybridized carbons (Fsp3) is 0.304. The summed E-state index contributed by atoms with van der Waals surface area (Å²) < 4.78 is 24.9. The van der Waals surface area contributed by atoms with Crippen LogP contribution in [0.25, 0.3) is 6.08 Å². The molecule has 2 aromatic carbocycles. The van der Waals surface area contributed by atoms with Crippen molar-refractivity contribution in [2.24, 2.45) is 0 Å². The second kappa shape index (κ2) is 9.43. The summed E-state index contributed by atoms with van der Waals surface area (Å²) >= 11 is 0. The smallest absolute Gasteiger partial charge is 0.246 e. The van der Waals surface area contributed by atoms with Crippen LogP contribution in [0, 0.1) is 5.82 Å². The summed E-state index contributed by atoms with van der Waals surface area (Å²) in [6.45, 7) is 3.39. The van der Waals surface area contributed by atoms with Gasteiger partial charge in [0.1, 0.15) is 17.3 Å². The minimum atomic E-state index is -0.424. The normalized spacial score (nSPS) is 14.1. The molecule has 7 heteroatoms. The number of hydrogen-bond acceptors (Lipinski definition) is 5. The molecule has 0 unspecified atom stereocenters. The molecule has 6 nitrogen and oxygen atoms in total. The van der Waals surface area contributed by atoms with Crippen molar-refractivity contribution >= 4 is 23.5 Å². The lowest BCUT2D eigenvalue weighted by Gasteiger charge is -2.35. The van der Waals surface area contributed by atoms with E-state index in [1.807, 2.05) is 4.90 Å². The van der Waals surface area contributed by atoms with E-state index in [1.165, 1.54) is 19.1 Å². The predicted octanol–water partition coefficient (Wildman–Crippen LogP) is 3.41. The van der Waals surface area contributed by atoms with Gasteiger partial charge < -0.3 is 19.3 Å². The molecule has 30 heavy (non-hydrogen) atoms. The summed E-state index contributed by atoms with van der Waals surface area (Å²) in [7, 11) is 3.15. The third-order valence-corrected chi connectivity index (χ3v) is 5.13. The zero-order chi connectivity index (χ0) is 21.7. The number of ether oxygens (including phenoxy) is 2. The van der Waals surface area contributed by atoms with Crippen LogP contribution in [-0.4, -0.2) is 57.0 Å². The number of rotatable bonds is 6. The van der Waals surface area contributed by atoms with E-state index < -0.39 is 5.82 Å². The molecule has 1 amide bonds. The summed E-state index contributed by atoms with van der Waals surface area (Å²) in [6, 6.07) is 9.89. The van der Waals surface area contributed by atoms with Crippen molar-refractivity contribution in [3.8, 4) is 11.5 Å². The fourth-order valence-corrected chi connectivity index (χ4v) is 3.39. The highest BCUT2D eigenvalue weighted by atomic mass is 19.1. The number of hydrogen-bond donors (Lipinski definition) is 0. The summed E-state index contributed by atoms with van der Waals surface area (Å²) in [5.41, 5.74) is 1.54. The van der Waals surface area contributed by atoms with Crippen molar-refractivity contribution < 1.29 is 23.5 Å². The van der Waals surface area contributed by atoms with Crippen LogP contribution in [0.15, 0.2) is 42.5 Å². The number of benzene rings is 2. The first-order valence-electron chi connectivity index (χ1n) is 9.67. The molecular weight excluding hydrogens is 387 g/mol. The molecule has 1 aliphatic rings. The number of anilines is 1. The molecule has 0 aromatic heterocycles. The highest BCUT2D eigenvalue weighted by Gasteiger charge is 2.22. The zero-order valence-corrected chi connectivity index (χ0v) is 17.4. The standard InChI is InChI=1S/C23H25FN2O4/c1-16(27)17-4-7-21(20(24)15-17)25-10-12-26(13-11-25)23(28)9-5-18-14-19(29-2)6-8-22(18)30-3/h4-9,14-15H,10-13H2,1-3H3/b9-5+. The molecule has 0 atom stereocenters. The predicted molar refractivity (Wildman–Crippen MR) is 114 cm³/mol. The number of amides is 1. The van der Waals surface area contributed by atoms with Crippen LogP contribution in [0.3, 0.4) is 0 Å². The first-order chi connectivity index (χ1) is 14.4. The third kappa shape index (κ3) is 4.79. The Hall–Kier alpha value is -3.35. The maximum atomic E-state index is 14.4. The number of ketones is 1. The van der Waals surface area contributed by atoms with Gasteiger partial charge in [0.25, 0.3) is 0 Å². The maximum Gasteiger partial charge on any atom is 0.246 e. The van der Waals surface area contributed by atoms with E-state index in [4.69, 9.17) is 9.47 Å². The minimum Gasteiger partial charge on any atom is -0.497 e. The Balaban J connectivity index is 1.63. The highest BCUT2D eigenvalue weighted by Crippen LogP contribution is 2.25. The molecule has 0 bridgehead atoms. The molecule has 0 saturated carbocycles. The number of piperazine rings is 1. The highest BCUT2D eigenvalue weighted by molar-refractivity contribution is 5.94. The number of nitrogens with zero attached hydrogens (tertiary/aromatic N) is 2. The number of carbonyl (C=O) groups is 2. The number of halogens is 1. The lowest BCUT2D eigenvalue weighted by molar-refractivity contribution is -0.126. The summed E-state index contributed by atoms with van der Waals surface area (Å²) in [4.78, 5) is 27.6. The van der Waals surface area contributed by atoms with Crippen LogP contribution in [0.2, 0.25) is 0 Å². The first-order valence-corrected chi connectivity index (χ1v) is 9.67. The number of Topliss-reactive ketones (excluding diaryl/α,β-unsaturated/α-hetero) is 1. The Bertz CT molecular complexity index is 966. The summed E-state index contributed by atoms with van der Waals surface area (Å²) in [6.07, 6.45) is 3.21. The van der Waals surface area contributed by atoms with Crippen LogP contribution >= 0.6 is 0 Å². The summed E-state index contributed by atoms with van der Waals surface area (Å²) in [5.74, 6) is 0.609. The monoisotopic (exact) mass is 412 g/mol. The van der Waals surface area contributed by atoms with Crippen molar-refractivity contribution in [2.45, 2.75) is 6.92 Å². The molecule has 1 heterocycles. The van der Waals surface area contributed by atoms with Gasteiger partial charge >= 0.3 is 0 Å². The van der Waals surface area contributed by atoms with Gasteiger partial charge in [0.2, 0.25) is 5.91 Å². The SMILES string of the molecule is COc1ccc(OC)c(/C=C/C(=O)N2CCN(c3ccc(C(C)=O)cc3F)CC2)c1. The lowest BCUT2D eigenvalue weighted by Crippen LogP contribution is -2.48. The van der Waals surface area contributed by atoms with Crippen molar-refractivity contribution in [1.82, 2.24) is 4.90 Å². The van der Waals surface area contributed by atoms with E-state index in [-0.39, 0.29) is 11.7 Å². The largest absolute Gasteiger partial charge is 0.497 e. The van der Waals surface area contributed by atoms with E-state index in [9.17, 15) is 14.0 Å². The van der Waals surface area contributed by atoms with Gasteiger partial charge in [-0.1, -0.05) is 0 Å². The Kier molecular flexibility index (Phi) is 6.72. The molecule has 1 saturated heterocycles. The van der Waals surface area contributed by atoms with Crippen molar-refractivity contribution in [3.63, 3.8) is 0 Å². The van der Waals surface area contributed by atoms with Crippen LogP contribution in [0.1, 0.15) is 22.8 Å². The van der Waals surface area contributed by atoms with Crippen LogP contribution in [0.5, 0.6) is 11.5 Å². The molecule has 0 spiro atoms. The van der Waals surface area contributed by atoms with Gasteiger partial charge in [-0.05, 0) is 49.4 Å². The fourth-order valence-electron chi connectivity index (χ4n) is 3.39. The molecule has 1 fully saturated rings. The topological polar surface area (TPSA) is 59.1 Å². The quantitative estimate of drug-likeness (QED) is 0.538. The van der Waals surface area contributed by atoms with Gasteiger partial charge in [0.15, 0.2) is 5.78 Å². The molecule has 3 rings (SSSR count). The van der Waals surface area contributed by atoms with Gasteiger partial charge in [0, 0.05) is 43.4 Å². The maximum absolute atomic E-state index is 14.4. The second-order valence-corrected chi connectivity index (χ2v) is 6.98. The second-order valence-electron chi connectivity index (χ2n) is 6.98. The average molecular weight is 412 g/mol. The molecule has 0 radical (unpaired) electrons. The van der Waals surface area contributed by atoms with Gasteiger partial charge in [0.05, 0.1) is 19.9 Å². The van der Waals surface area contributed by atoms with Gasteiger partial charge in [-0.3, -0.25) is 9.59 Å². The average Bonchev–Trinajstić information content (AvgIpc) is 2.77. The van der Waals surface area contributed by atoms with Gasteiger partial charge in [-0.15, -0.1) is 0 Å². The van der Waals surface area contributed by atoms with Crippen LogP contribution in [-0.2, 0) is 4.79 Å². The van der Waals surface area contributed by atoms with E-state index in [1.54, 1.807) is 55.5 Å². The first kappa shape index (κ1) is 21.4. The Labute approximate surface area is 175 Å². The van der Waals surface area contributed by atoms with E-state index in [0.717, 1.165) is 5.56 Å². The minimum absolute atomic E-state index is 0.119. The van der Waals surface area contributed by atoms with Crippen molar-refractivity contribution in [3.05, 3.63) is 59.4 Å². The molecule has 0 N–H and O–H groups in total. The van der Waals surface area contributed by atoms with E-state index >= 15 is 0 Å².